The Bertz CT molecular complexity index is 1060. The zero-order chi connectivity index (χ0) is 20.7. The largest absolute Gasteiger partial charge is 0.497 e. The second-order valence-electron chi connectivity index (χ2n) is 8.40. The molecule has 0 bridgehead atoms. The number of fused-ring (bicyclic) bond motifs is 3. The average molecular weight is 402 g/mol. The van der Waals surface area contributed by atoms with Crippen molar-refractivity contribution in [2.45, 2.75) is 32.1 Å². The van der Waals surface area contributed by atoms with E-state index in [1.54, 1.807) is 7.11 Å². The highest BCUT2D eigenvalue weighted by Gasteiger charge is 2.44. The molecule has 0 saturated carbocycles. The van der Waals surface area contributed by atoms with Crippen molar-refractivity contribution in [2.75, 3.05) is 20.2 Å². The topological polar surface area (TPSA) is 37.7 Å². The van der Waals surface area contributed by atoms with Gasteiger partial charge in [-0.05, 0) is 42.3 Å². The molecule has 3 heterocycles. The molecular weight excluding hydrogens is 374 g/mol. The van der Waals surface area contributed by atoms with E-state index >= 15 is 0 Å². The molecule has 3 aromatic rings. The lowest BCUT2D eigenvalue weighted by Gasteiger charge is -2.38. The van der Waals surface area contributed by atoms with Crippen LogP contribution in [-0.4, -0.2) is 46.5 Å². The first-order valence-corrected chi connectivity index (χ1v) is 10.5. The van der Waals surface area contributed by atoms with Gasteiger partial charge in [-0.15, -0.1) is 0 Å². The molecule has 30 heavy (non-hydrogen) atoms. The van der Waals surface area contributed by atoms with E-state index in [2.05, 4.69) is 51.8 Å². The molecule has 5 rings (SSSR count). The highest BCUT2D eigenvalue weighted by atomic mass is 16.5. The fraction of sp³-hybridized carbons (Fsp3) is 0.320. The van der Waals surface area contributed by atoms with Crippen LogP contribution in [0.15, 0.2) is 66.9 Å². The highest BCUT2D eigenvalue weighted by Crippen LogP contribution is 2.35. The third-order valence-corrected chi connectivity index (χ3v) is 6.35. The van der Waals surface area contributed by atoms with Crippen LogP contribution < -0.4 is 4.74 Å². The number of likely N-dealkylation sites (tertiary alicyclic amines) is 1. The summed E-state index contributed by atoms with van der Waals surface area (Å²) in [5.41, 5.74) is 4.53. The fourth-order valence-electron chi connectivity index (χ4n) is 4.90. The number of nitrogens with zero attached hydrogens (tertiary/aromatic N) is 3. The summed E-state index contributed by atoms with van der Waals surface area (Å²) in [6.07, 6.45) is 2.06. The molecule has 1 amide bonds. The van der Waals surface area contributed by atoms with Crippen molar-refractivity contribution >= 4 is 5.91 Å². The number of hydrogen-bond acceptors (Lipinski definition) is 3. The Labute approximate surface area is 177 Å². The van der Waals surface area contributed by atoms with Gasteiger partial charge in [0, 0.05) is 32.4 Å². The zero-order valence-corrected chi connectivity index (χ0v) is 17.5. The standard InChI is InChI=1S/C25H27N3O2/c1-18-5-3-6-20(13-18)14-26-16-23-24(17-26)28(25(29)22-7-4-12-27(22)23)15-19-8-10-21(30-2)11-9-19/h3-13,23-24H,14-17H2,1-2H3/t23-,24-/m0/s1. The number of rotatable bonds is 5. The van der Waals surface area contributed by atoms with Crippen LogP contribution in [-0.2, 0) is 13.1 Å². The number of methoxy groups -OCH3 is 1. The van der Waals surface area contributed by atoms with Gasteiger partial charge >= 0.3 is 0 Å². The van der Waals surface area contributed by atoms with Crippen LogP contribution in [0, 0.1) is 6.92 Å². The molecule has 154 valence electrons. The van der Waals surface area contributed by atoms with E-state index in [0.717, 1.165) is 36.6 Å². The monoisotopic (exact) mass is 401 g/mol. The van der Waals surface area contributed by atoms with Gasteiger partial charge in [0.15, 0.2) is 0 Å². The van der Waals surface area contributed by atoms with E-state index in [1.807, 2.05) is 36.4 Å². The number of carbonyl (C=O) groups is 1. The van der Waals surface area contributed by atoms with Crippen molar-refractivity contribution in [3.63, 3.8) is 0 Å². The van der Waals surface area contributed by atoms with E-state index in [1.165, 1.54) is 11.1 Å². The molecule has 0 radical (unpaired) electrons. The smallest absolute Gasteiger partial charge is 0.271 e. The Morgan fingerprint density at radius 1 is 0.933 bits per heavy atom. The number of ether oxygens (including phenoxy) is 1. The molecule has 1 fully saturated rings. The molecule has 0 unspecified atom stereocenters. The predicted octanol–water partition coefficient (Wildman–Crippen LogP) is 3.89. The van der Waals surface area contributed by atoms with Crippen molar-refractivity contribution in [1.82, 2.24) is 14.4 Å². The predicted molar refractivity (Wildman–Crippen MR) is 117 cm³/mol. The summed E-state index contributed by atoms with van der Waals surface area (Å²) >= 11 is 0. The van der Waals surface area contributed by atoms with Crippen LogP contribution in [0.3, 0.4) is 0 Å². The molecule has 2 atom stereocenters. The maximum atomic E-state index is 13.3. The molecule has 2 aliphatic rings. The first kappa shape index (κ1) is 18.9. The second kappa shape index (κ2) is 7.65. The fourth-order valence-corrected chi connectivity index (χ4v) is 4.90. The molecule has 1 aromatic heterocycles. The molecule has 0 N–H and O–H groups in total. The van der Waals surface area contributed by atoms with E-state index < -0.39 is 0 Å². The lowest BCUT2D eigenvalue weighted by molar-refractivity contribution is 0.0556. The van der Waals surface area contributed by atoms with Gasteiger partial charge in [0.2, 0.25) is 0 Å². The Balaban J connectivity index is 1.41. The van der Waals surface area contributed by atoms with Gasteiger partial charge in [0.25, 0.3) is 5.91 Å². The molecule has 2 aliphatic heterocycles. The summed E-state index contributed by atoms with van der Waals surface area (Å²) in [6.45, 7) is 5.50. The van der Waals surface area contributed by atoms with Gasteiger partial charge in [-0.2, -0.15) is 0 Å². The normalized spacial score (nSPS) is 20.9. The Morgan fingerprint density at radius 2 is 1.73 bits per heavy atom. The zero-order valence-electron chi connectivity index (χ0n) is 17.5. The molecular formula is C25H27N3O2. The van der Waals surface area contributed by atoms with Crippen LogP contribution in [0.2, 0.25) is 0 Å². The summed E-state index contributed by atoms with van der Waals surface area (Å²) in [4.78, 5) is 17.9. The van der Waals surface area contributed by atoms with Crippen LogP contribution in [0.25, 0.3) is 0 Å². The quantitative estimate of drug-likeness (QED) is 0.651. The van der Waals surface area contributed by atoms with E-state index in [-0.39, 0.29) is 18.0 Å². The molecule has 2 aromatic carbocycles. The molecule has 5 heteroatoms. The van der Waals surface area contributed by atoms with Gasteiger partial charge in [-0.3, -0.25) is 9.69 Å². The minimum atomic E-state index is 0.120. The molecule has 0 spiro atoms. The number of aromatic nitrogens is 1. The Morgan fingerprint density at radius 3 is 2.50 bits per heavy atom. The Hall–Kier alpha value is -3.05. The first-order valence-electron chi connectivity index (χ1n) is 10.5. The van der Waals surface area contributed by atoms with E-state index in [4.69, 9.17) is 4.74 Å². The summed E-state index contributed by atoms with van der Waals surface area (Å²) < 4.78 is 7.46. The highest BCUT2D eigenvalue weighted by molar-refractivity contribution is 5.94. The van der Waals surface area contributed by atoms with Gasteiger partial charge in [0.05, 0.1) is 19.2 Å². The van der Waals surface area contributed by atoms with Gasteiger partial charge < -0.3 is 14.2 Å². The summed E-state index contributed by atoms with van der Waals surface area (Å²) in [5.74, 6) is 0.954. The number of carbonyl (C=O) groups excluding carboxylic acids is 1. The van der Waals surface area contributed by atoms with Crippen LogP contribution in [0.4, 0.5) is 0 Å². The van der Waals surface area contributed by atoms with Crippen molar-refractivity contribution in [3.8, 4) is 5.75 Å². The number of benzene rings is 2. The van der Waals surface area contributed by atoms with Crippen LogP contribution in [0.1, 0.15) is 33.2 Å². The molecule has 5 nitrogen and oxygen atoms in total. The summed E-state index contributed by atoms with van der Waals surface area (Å²) in [5, 5.41) is 0. The van der Waals surface area contributed by atoms with Gasteiger partial charge in [-0.25, -0.2) is 0 Å². The Kier molecular flexibility index (Phi) is 4.83. The van der Waals surface area contributed by atoms with Crippen molar-refractivity contribution in [1.29, 1.82) is 0 Å². The van der Waals surface area contributed by atoms with Gasteiger partial charge in [-0.1, -0.05) is 42.0 Å². The maximum Gasteiger partial charge on any atom is 0.271 e. The number of aryl methyl sites for hydroxylation is 1. The first-order chi connectivity index (χ1) is 14.6. The minimum Gasteiger partial charge on any atom is -0.497 e. The van der Waals surface area contributed by atoms with Crippen molar-refractivity contribution in [2.24, 2.45) is 0 Å². The minimum absolute atomic E-state index is 0.120. The second-order valence-corrected chi connectivity index (χ2v) is 8.40. The van der Waals surface area contributed by atoms with Crippen molar-refractivity contribution < 1.29 is 9.53 Å². The summed E-state index contributed by atoms with van der Waals surface area (Å²) in [7, 11) is 1.67. The van der Waals surface area contributed by atoms with Crippen molar-refractivity contribution in [3.05, 3.63) is 89.2 Å². The van der Waals surface area contributed by atoms with Crippen LogP contribution in [0.5, 0.6) is 5.75 Å². The van der Waals surface area contributed by atoms with E-state index in [0.29, 0.717) is 6.54 Å². The summed E-state index contributed by atoms with van der Waals surface area (Å²) in [6, 6.07) is 21.1. The van der Waals surface area contributed by atoms with Gasteiger partial charge in [0.1, 0.15) is 11.4 Å². The molecule has 0 aliphatic carbocycles. The molecule has 1 saturated heterocycles. The third kappa shape index (κ3) is 3.39. The maximum absolute atomic E-state index is 13.3. The average Bonchev–Trinajstić information content (AvgIpc) is 3.39. The lowest BCUT2D eigenvalue weighted by atomic mass is 10.0. The third-order valence-electron chi connectivity index (χ3n) is 6.35. The number of amides is 1. The van der Waals surface area contributed by atoms with E-state index in [9.17, 15) is 4.79 Å². The lowest BCUT2D eigenvalue weighted by Crippen LogP contribution is -2.49. The van der Waals surface area contributed by atoms with Crippen LogP contribution >= 0.6 is 0 Å². The number of hydrogen-bond donors (Lipinski definition) is 0. The SMILES string of the molecule is COc1ccc(CN2C(=O)c3cccn3[C@H]3CN(Cc4cccc(C)c4)C[C@@H]32)cc1.